The third-order valence-electron chi connectivity index (χ3n) is 6.17. The van der Waals surface area contributed by atoms with Gasteiger partial charge in [-0.05, 0) is 31.0 Å². The Balaban J connectivity index is 1.27. The first-order valence-corrected chi connectivity index (χ1v) is 10.0. The number of aryl methyl sites for hydroxylation is 1. The quantitative estimate of drug-likeness (QED) is 0.729. The fourth-order valence-electron chi connectivity index (χ4n) is 4.71. The van der Waals surface area contributed by atoms with Crippen molar-refractivity contribution in [1.82, 2.24) is 10.5 Å². The van der Waals surface area contributed by atoms with Crippen LogP contribution in [0, 0.1) is 18.8 Å². The molecule has 3 aliphatic heterocycles. The average Bonchev–Trinajstić information content (AvgIpc) is 3.49. The van der Waals surface area contributed by atoms with Crippen molar-refractivity contribution in [2.24, 2.45) is 11.8 Å². The molecular weight excluding hydrogens is 386 g/mol. The molecule has 0 unspecified atom stereocenters. The van der Waals surface area contributed by atoms with Gasteiger partial charge in [-0.1, -0.05) is 29.4 Å². The molecule has 0 aliphatic carbocycles. The van der Waals surface area contributed by atoms with Crippen molar-refractivity contribution in [1.29, 1.82) is 0 Å². The molecule has 0 saturated carbocycles. The molecule has 2 aromatic rings. The van der Waals surface area contributed by atoms with Gasteiger partial charge in [0, 0.05) is 12.6 Å². The SMILES string of the molecule is COc1ccc(CCNC(=O)[C@@H]2[C@H]3C(=O)N(c4cc(C)on4)C[C@@]34C=C[C@H]2O4)cc1. The molecule has 1 N–H and O–H groups in total. The number of methoxy groups -OCH3 is 1. The van der Waals surface area contributed by atoms with Gasteiger partial charge >= 0.3 is 0 Å². The molecule has 1 aromatic carbocycles. The molecule has 2 fully saturated rings. The predicted molar refractivity (Wildman–Crippen MR) is 107 cm³/mol. The highest BCUT2D eigenvalue weighted by Crippen LogP contribution is 2.52. The number of aromatic nitrogens is 1. The van der Waals surface area contributed by atoms with E-state index in [1.54, 1.807) is 25.0 Å². The van der Waals surface area contributed by atoms with Crippen LogP contribution in [0.4, 0.5) is 5.82 Å². The molecule has 8 heteroatoms. The third kappa shape index (κ3) is 2.90. The van der Waals surface area contributed by atoms with Crippen molar-refractivity contribution in [2.45, 2.75) is 25.0 Å². The van der Waals surface area contributed by atoms with Crippen molar-refractivity contribution in [3.8, 4) is 5.75 Å². The van der Waals surface area contributed by atoms with E-state index < -0.39 is 17.4 Å². The van der Waals surface area contributed by atoms with Gasteiger partial charge < -0.3 is 19.3 Å². The predicted octanol–water partition coefficient (Wildman–Crippen LogP) is 1.64. The summed E-state index contributed by atoms with van der Waals surface area (Å²) in [5, 5.41) is 6.95. The van der Waals surface area contributed by atoms with Gasteiger partial charge in [-0.3, -0.25) is 14.5 Å². The van der Waals surface area contributed by atoms with Crippen LogP contribution in [0.25, 0.3) is 0 Å². The largest absolute Gasteiger partial charge is 0.497 e. The lowest BCUT2D eigenvalue weighted by Gasteiger charge is -2.23. The van der Waals surface area contributed by atoms with Gasteiger partial charge in [0.25, 0.3) is 0 Å². The number of benzene rings is 1. The van der Waals surface area contributed by atoms with Gasteiger partial charge in [-0.15, -0.1) is 0 Å². The number of ether oxygens (including phenoxy) is 2. The van der Waals surface area contributed by atoms with Crippen molar-refractivity contribution in [3.63, 3.8) is 0 Å². The highest BCUT2D eigenvalue weighted by molar-refractivity contribution is 6.02. The summed E-state index contributed by atoms with van der Waals surface area (Å²) in [6, 6.07) is 9.46. The molecular formula is C22H23N3O5. The van der Waals surface area contributed by atoms with E-state index in [0.29, 0.717) is 31.1 Å². The summed E-state index contributed by atoms with van der Waals surface area (Å²) >= 11 is 0. The number of carbonyl (C=O) groups excluding carboxylic acids is 2. The highest BCUT2D eigenvalue weighted by Gasteiger charge is 2.67. The maximum atomic E-state index is 13.2. The van der Waals surface area contributed by atoms with E-state index in [1.165, 1.54) is 0 Å². The van der Waals surface area contributed by atoms with Crippen LogP contribution in [-0.2, 0) is 20.7 Å². The minimum absolute atomic E-state index is 0.148. The Bertz CT molecular complexity index is 1010. The number of rotatable bonds is 6. The molecule has 2 bridgehead atoms. The average molecular weight is 409 g/mol. The van der Waals surface area contributed by atoms with Crippen molar-refractivity contribution in [2.75, 3.05) is 25.1 Å². The molecule has 4 heterocycles. The zero-order valence-corrected chi connectivity index (χ0v) is 16.8. The summed E-state index contributed by atoms with van der Waals surface area (Å²) in [6.45, 7) is 2.60. The first-order chi connectivity index (χ1) is 14.5. The highest BCUT2D eigenvalue weighted by atomic mass is 16.5. The Labute approximate surface area is 173 Å². The number of nitrogens with zero attached hydrogens (tertiary/aromatic N) is 2. The van der Waals surface area contributed by atoms with Gasteiger partial charge in [0.1, 0.15) is 17.1 Å². The summed E-state index contributed by atoms with van der Waals surface area (Å²) in [7, 11) is 1.63. The Morgan fingerprint density at radius 1 is 1.37 bits per heavy atom. The Kier molecular flexibility index (Phi) is 4.39. The normalized spacial score (nSPS) is 28.8. The summed E-state index contributed by atoms with van der Waals surface area (Å²) in [5.41, 5.74) is 0.327. The van der Waals surface area contributed by atoms with Gasteiger partial charge in [-0.25, -0.2) is 0 Å². The van der Waals surface area contributed by atoms with E-state index in [1.807, 2.05) is 36.4 Å². The molecule has 2 amide bonds. The van der Waals surface area contributed by atoms with E-state index in [2.05, 4.69) is 10.5 Å². The zero-order valence-electron chi connectivity index (χ0n) is 16.8. The maximum Gasteiger partial charge on any atom is 0.235 e. The van der Waals surface area contributed by atoms with E-state index >= 15 is 0 Å². The molecule has 1 spiro atoms. The van der Waals surface area contributed by atoms with Gasteiger partial charge in [0.05, 0.1) is 31.6 Å². The van der Waals surface area contributed by atoms with Crippen LogP contribution in [0.1, 0.15) is 11.3 Å². The summed E-state index contributed by atoms with van der Waals surface area (Å²) < 4.78 is 16.4. The molecule has 3 aliphatic rings. The molecule has 0 radical (unpaired) electrons. The number of anilines is 1. The van der Waals surface area contributed by atoms with Crippen LogP contribution >= 0.6 is 0 Å². The zero-order chi connectivity index (χ0) is 20.9. The minimum Gasteiger partial charge on any atom is -0.497 e. The molecule has 4 atom stereocenters. The Hall–Kier alpha value is -3.13. The van der Waals surface area contributed by atoms with Crippen LogP contribution in [0.3, 0.4) is 0 Å². The number of fused-ring (bicyclic) bond motifs is 1. The Morgan fingerprint density at radius 3 is 2.87 bits per heavy atom. The maximum absolute atomic E-state index is 13.2. The Morgan fingerprint density at radius 2 is 2.17 bits per heavy atom. The smallest absolute Gasteiger partial charge is 0.235 e. The fraction of sp³-hybridized carbons (Fsp3) is 0.409. The minimum atomic E-state index is -0.771. The number of hydrogen-bond acceptors (Lipinski definition) is 6. The summed E-state index contributed by atoms with van der Waals surface area (Å²) in [5.74, 6) is 0.482. The van der Waals surface area contributed by atoms with E-state index in [0.717, 1.165) is 11.3 Å². The number of nitrogens with one attached hydrogen (secondary N) is 1. The van der Waals surface area contributed by atoms with E-state index in [-0.39, 0.29) is 17.9 Å². The first kappa shape index (κ1) is 18.9. The fourth-order valence-corrected chi connectivity index (χ4v) is 4.71. The monoisotopic (exact) mass is 409 g/mol. The van der Waals surface area contributed by atoms with Gasteiger partial charge in [0.2, 0.25) is 11.8 Å². The summed E-state index contributed by atoms with van der Waals surface area (Å²) in [4.78, 5) is 27.8. The second-order valence-corrected chi connectivity index (χ2v) is 8.01. The van der Waals surface area contributed by atoms with Gasteiger partial charge in [-0.2, -0.15) is 0 Å². The van der Waals surface area contributed by atoms with Crippen molar-refractivity contribution >= 4 is 17.6 Å². The number of carbonyl (C=O) groups is 2. The number of amides is 2. The van der Waals surface area contributed by atoms with Crippen LogP contribution in [-0.4, -0.2) is 48.9 Å². The van der Waals surface area contributed by atoms with E-state index in [9.17, 15) is 9.59 Å². The molecule has 1 aromatic heterocycles. The van der Waals surface area contributed by atoms with Crippen molar-refractivity contribution < 1.29 is 23.6 Å². The first-order valence-electron chi connectivity index (χ1n) is 10.0. The van der Waals surface area contributed by atoms with Crippen LogP contribution in [0.15, 0.2) is 47.0 Å². The molecule has 2 saturated heterocycles. The van der Waals surface area contributed by atoms with Crippen LogP contribution in [0.2, 0.25) is 0 Å². The second kappa shape index (κ2) is 6.98. The topological polar surface area (TPSA) is 93.9 Å². The van der Waals surface area contributed by atoms with E-state index in [4.69, 9.17) is 14.0 Å². The molecule has 30 heavy (non-hydrogen) atoms. The van der Waals surface area contributed by atoms with Crippen LogP contribution < -0.4 is 15.0 Å². The molecule has 156 valence electrons. The van der Waals surface area contributed by atoms with Crippen LogP contribution in [0.5, 0.6) is 5.75 Å². The lowest BCUT2D eigenvalue weighted by atomic mass is 9.77. The summed E-state index contributed by atoms with van der Waals surface area (Å²) in [6.07, 6.45) is 4.14. The van der Waals surface area contributed by atoms with Crippen molar-refractivity contribution in [3.05, 3.63) is 53.8 Å². The van der Waals surface area contributed by atoms with Gasteiger partial charge in [0.15, 0.2) is 5.82 Å². The molecule has 8 nitrogen and oxygen atoms in total. The second-order valence-electron chi connectivity index (χ2n) is 8.01. The lowest BCUT2D eigenvalue weighted by molar-refractivity contribution is -0.131. The molecule has 5 rings (SSSR count). The standard InChI is InChI=1S/C22H23N3O5/c1-13-11-17(24-30-13)25-12-22-9-7-16(29-22)18(19(22)21(25)27)20(26)23-10-8-14-3-5-15(28-2)6-4-14/h3-7,9,11,16,18-19H,8,10,12H2,1-2H3,(H,23,26)/t16-,18+,19+,22+/m1/s1. The third-order valence-corrected chi connectivity index (χ3v) is 6.17. The lowest BCUT2D eigenvalue weighted by Crippen LogP contribution is -2.44. The number of hydrogen-bond donors (Lipinski definition) is 1.